The summed E-state index contributed by atoms with van der Waals surface area (Å²) in [6, 6.07) is -0.820. The van der Waals surface area contributed by atoms with Crippen LogP contribution in [0.5, 0.6) is 0 Å². The van der Waals surface area contributed by atoms with Crippen molar-refractivity contribution in [3.05, 3.63) is 60.8 Å². The molecule has 0 heterocycles. The van der Waals surface area contributed by atoms with E-state index >= 15 is 0 Å². The third kappa shape index (κ3) is 42.0. The fraction of sp³-hybridized carbons (Fsp3) is 0.788. The second kappa shape index (κ2) is 46.7. The van der Waals surface area contributed by atoms with Crippen LogP contribution in [0.25, 0.3) is 0 Å². The number of hydrogen-bond acceptors (Lipinski definition) is 4. The lowest BCUT2D eigenvalue weighted by Gasteiger charge is -2.21. The maximum Gasteiger partial charge on any atom is 0.249 e. The molecule has 1 amide bonds. The average Bonchev–Trinajstić information content (AvgIpc) is 3.22. The Balaban J connectivity index is 3.50. The third-order valence-corrected chi connectivity index (χ3v) is 11.2. The number of carbonyl (C=O) groups is 1. The Morgan fingerprint density at radius 3 is 1.26 bits per heavy atom. The number of rotatable bonds is 44. The lowest BCUT2D eigenvalue weighted by atomic mass is 10.0. The van der Waals surface area contributed by atoms with E-state index in [0.29, 0.717) is 6.42 Å². The van der Waals surface area contributed by atoms with E-state index in [9.17, 15) is 20.1 Å². The van der Waals surface area contributed by atoms with E-state index in [1.165, 1.54) is 167 Å². The van der Waals surface area contributed by atoms with Crippen LogP contribution in [-0.2, 0) is 4.79 Å². The van der Waals surface area contributed by atoms with Gasteiger partial charge >= 0.3 is 0 Å². The van der Waals surface area contributed by atoms with Gasteiger partial charge in [-0.2, -0.15) is 0 Å². The Hall–Kier alpha value is -1.95. The van der Waals surface area contributed by atoms with Crippen molar-refractivity contribution in [2.45, 2.75) is 257 Å². The number of nitrogens with one attached hydrogen (secondary N) is 1. The van der Waals surface area contributed by atoms with E-state index in [1.807, 2.05) is 13.0 Å². The molecule has 0 aromatic heterocycles. The number of amides is 1. The number of carbonyl (C=O) groups excluding carboxylic acids is 1. The molecule has 0 radical (unpaired) electrons. The molecule has 4 N–H and O–H groups in total. The van der Waals surface area contributed by atoms with Gasteiger partial charge in [0.25, 0.3) is 0 Å². The Bertz CT molecular complexity index is 969. The minimum Gasteiger partial charge on any atom is -0.394 e. The minimum atomic E-state index is -1.11. The summed E-state index contributed by atoms with van der Waals surface area (Å²) in [6.45, 7) is 3.93. The van der Waals surface area contributed by atoms with Crippen molar-refractivity contribution < 1.29 is 20.1 Å². The van der Waals surface area contributed by atoms with Gasteiger partial charge in [-0.3, -0.25) is 4.79 Å². The predicted octanol–water partition coefficient (Wildman–Crippen LogP) is 14.7. The first-order chi connectivity index (χ1) is 28.1. The van der Waals surface area contributed by atoms with Crippen molar-refractivity contribution in [2.24, 2.45) is 0 Å². The predicted molar refractivity (Wildman–Crippen MR) is 250 cm³/mol. The quantitative estimate of drug-likeness (QED) is 0.0365. The van der Waals surface area contributed by atoms with E-state index in [0.717, 1.165) is 51.4 Å². The molecule has 5 nitrogen and oxygen atoms in total. The molecule has 0 spiro atoms. The van der Waals surface area contributed by atoms with Gasteiger partial charge in [0.15, 0.2) is 0 Å². The largest absolute Gasteiger partial charge is 0.394 e. The zero-order valence-corrected chi connectivity index (χ0v) is 37.7. The molecule has 0 aliphatic heterocycles. The normalized spacial score (nSPS) is 14.0. The molecule has 0 aliphatic carbocycles. The molecule has 0 aromatic rings. The summed E-state index contributed by atoms with van der Waals surface area (Å²) in [5.74, 6) is -0.521. The smallest absolute Gasteiger partial charge is 0.249 e. The number of allylic oxidation sites excluding steroid dienone is 9. The van der Waals surface area contributed by atoms with Crippen LogP contribution in [0, 0.1) is 0 Å². The van der Waals surface area contributed by atoms with E-state index in [2.05, 4.69) is 60.8 Å². The van der Waals surface area contributed by atoms with Crippen LogP contribution < -0.4 is 5.32 Å². The zero-order valence-electron chi connectivity index (χ0n) is 37.7. The highest BCUT2D eigenvalue weighted by Gasteiger charge is 2.22. The van der Waals surface area contributed by atoms with E-state index in [4.69, 9.17) is 0 Å². The van der Waals surface area contributed by atoms with Crippen LogP contribution >= 0.6 is 0 Å². The van der Waals surface area contributed by atoms with Crippen LogP contribution in [0.1, 0.15) is 239 Å². The summed E-state index contributed by atoms with van der Waals surface area (Å²) in [6.07, 6.45) is 63.2. The fourth-order valence-electron chi connectivity index (χ4n) is 7.31. The molecule has 0 bridgehead atoms. The van der Waals surface area contributed by atoms with Gasteiger partial charge in [-0.25, -0.2) is 0 Å². The first-order valence-electron chi connectivity index (χ1n) is 24.6. The monoisotopic (exact) mass is 798 g/mol. The first kappa shape index (κ1) is 55.0. The lowest BCUT2D eigenvalue weighted by Crippen LogP contribution is -2.48. The summed E-state index contributed by atoms with van der Waals surface area (Å²) in [4.78, 5) is 12.4. The van der Waals surface area contributed by atoms with E-state index < -0.39 is 24.2 Å². The first-order valence-corrected chi connectivity index (χ1v) is 24.6. The molecule has 57 heavy (non-hydrogen) atoms. The van der Waals surface area contributed by atoms with Crippen molar-refractivity contribution in [3.8, 4) is 0 Å². The van der Waals surface area contributed by atoms with Crippen molar-refractivity contribution in [2.75, 3.05) is 6.61 Å². The van der Waals surface area contributed by atoms with Crippen LogP contribution in [0.15, 0.2) is 60.8 Å². The zero-order chi connectivity index (χ0) is 41.5. The maximum atomic E-state index is 12.4. The van der Waals surface area contributed by atoms with E-state index in [-0.39, 0.29) is 6.61 Å². The van der Waals surface area contributed by atoms with Gasteiger partial charge in [0.2, 0.25) is 5.91 Å². The second-order valence-electron chi connectivity index (χ2n) is 16.7. The Morgan fingerprint density at radius 1 is 0.474 bits per heavy atom. The highest BCUT2D eigenvalue weighted by molar-refractivity contribution is 5.80. The molecule has 0 aromatic carbocycles. The molecule has 0 saturated heterocycles. The molecule has 0 aliphatic rings. The van der Waals surface area contributed by atoms with Crippen LogP contribution in [0.3, 0.4) is 0 Å². The number of aliphatic hydroxyl groups is 3. The summed E-state index contributed by atoms with van der Waals surface area (Å²) in [7, 11) is 0. The van der Waals surface area contributed by atoms with Gasteiger partial charge in [-0.1, -0.05) is 228 Å². The van der Waals surface area contributed by atoms with E-state index in [1.54, 1.807) is 6.08 Å². The molecule has 3 atom stereocenters. The molecule has 0 saturated carbocycles. The SMILES string of the molecule is C/C=C/CC/C=C/CC/C=C/C(O)C(CO)NC(=O)C(O)CCCCCCCCCCCCCCCCCC/C=C\C/C=C\CCCCCCCCCCCCC. The van der Waals surface area contributed by atoms with Crippen molar-refractivity contribution >= 4 is 5.91 Å². The van der Waals surface area contributed by atoms with Crippen molar-refractivity contribution in [1.29, 1.82) is 0 Å². The van der Waals surface area contributed by atoms with Gasteiger partial charge in [0.1, 0.15) is 6.10 Å². The molecular formula is C52H95NO4. The van der Waals surface area contributed by atoms with Gasteiger partial charge in [0, 0.05) is 0 Å². The molecule has 0 fully saturated rings. The summed E-state index contributed by atoms with van der Waals surface area (Å²) >= 11 is 0. The molecule has 0 rings (SSSR count). The average molecular weight is 798 g/mol. The number of hydrogen-bond donors (Lipinski definition) is 4. The standard InChI is InChI=1S/C52H95NO4/c1-3-5-7-9-11-13-14-15-16-17-18-19-20-21-22-23-24-25-26-27-28-29-30-31-32-33-34-35-36-37-39-41-43-45-47-51(56)52(57)53-49(48-54)50(55)46-44-42-40-38-12-10-8-6-4-2/h4,6,12,20-21,23-24,38,44,46,49-51,54-56H,3,5,7-11,13-19,22,25-37,39-43,45,47-48H2,1-2H3,(H,53,57)/b6-4+,21-20-,24-23-,38-12+,46-44+. The highest BCUT2D eigenvalue weighted by atomic mass is 16.3. The molecule has 5 heteroatoms. The highest BCUT2D eigenvalue weighted by Crippen LogP contribution is 2.16. The van der Waals surface area contributed by atoms with Gasteiger partial charge in [-0.05, 0) is 71.1 Å². The van der Waals surface area contributed by atoms with Crippen LogP contribution in [0.4, 0.5) is 0 Å². The summed E-state index contributed by atoms with van der Waals surface area (Å²) in [5, 5.41) is 32.9. The molecule has 3 unspecified atom stereocenters. The van der Waals surface area contributed by atoms with Crippen LogP contribution in [-0.4, -0.2) is 46.1 Å². The third-order valence-electron chi connectivity index (χ3n) is 11.2. The number of unbranched alkanes of at least 4 members (excludes halogenated alkanes) is 29. The minimum absolute atomic E-state index is 0.383. The van der Waals surface area contributed by atoms with Crippen molar-refractivity contribution in [1.82, 2.24) is 5.32 Å². The fourth-order valence-corrected chi connectivity index (χ4v) is 7.31. The summed E-state index contributed by atoms with van der Waals surface area (Å²) in [5.41, 5.74) is 0. The Labute approximate surface area is 354 Å². The number of aliphatic hydroxyl groups excluding tert-OH is 3. The van der Waals surface area contributed by atoms with Gasteiger partial charge in [-0.15, -0.1) is 0 Å². The van der Waals surface area contributed by atoms with Crippen LogP contribution in [0.2, 0.25) is 0 Å². The molecular weight excluding hydrogens is 703 g/mol. The maximum absolute atomic E-state index is 12.4. The topological polar surface area (TPSA) is 89.8 Å². The van der Waals surface area contributed by atoms with Crippen molar-refractivity contribution in [3.63, 3.8) is 0 Å². The lowest BCUT2D eigenvalue weighted by molar-refractivity contribution is -0.131. The van der Waals surface area contributed by atoms with Gasteiger partial charge < -0.3 is 20.6 Å². The summed E-state index contributed by atoms with van der Waals surface area (Å²) < 4.78 is 0. The van der Waals surface area contributed by atoms with Gasteiger partial charge in [0.05, 0.1) is 18.8 Å². The Morgan fingerprint density at radius 2 is 0.842 bits per heavy atom. The molecule has 332 valence electrons. The Kier molecular flexibility index (Phi) is 45.1. The second-order valence-corrected chi connectivity index (χ2v) is 16.7.